The highest BCUT2D eigenvalue weighted by Gasteiger charge is 2.35. The van der Waals surface area contributed by atoms with E-state index >= 15 is 0 Å². The fraction of sp³-hybridized carbons (Fsp3) is 0.381. The number of nitrogen functional groups attached to an aromatic ring is 1. The second kappa shape index (κ2) is 18.3. The van der Waals surface area contributed by atoms with E-state index in [1.807, 2.05) is 60.7 Å². The molecule has 2 saturated heterocycles. The summed E-state index contributed by atoms with van der Waals surface area (Å²) in [6.07, 6.45) is 3.17. The maximum absolute atomic E-state index is 12.6. The van der Waals surface area contributed by atoms with Crippen LogP contribution in [-0.2, 0) is 37.0 Å². The second-order valence-electron chi connectivity index (χ2n) is 13.7. The molecule has 0 bridgehead atoms. The molecular formula is C42H50N4O6. The number of carbonyl (C=O) groups is 2. The number of methoxy groups -OCH3 is 1. The molecule has 2 aliphatic heterocycles. The molecule has 0 aliphatic carbocycles. The maximum Gasteiger partial charge on any atom is 0.224 e. The van der Waals surface area contributed by atoms with E-state index in [-0.39, 0.29) is 43.5 Å². The van der Waals surface area contributed by atoms with Gasteiger partial charge in [0.05, 0.1) is 36.8 Å². The van der Waals surface area contributed by atoms with Gasteiger partial charge in [0.25, 0.3) is 0 Å². The van der Waals surface area contributed by atoms with Crippen molar-refractivity contribution >= 4 is 23.2 Å². The largest absolute Gasteiger partial charge is 0.397 e. The van der Waals surface area contributed by atoms with E-state index in [1.165, 1.54) is 0 Å². The molecule has 2 aliphatic rings. The van der Waals surface area contributed by atoms with Crippen LogP contribution < -0.4 is 16.4 Å². The molecule has 2 amide bonds. The van der Waals surface area contributed by atoms with Crippen LogP contribution >= 0.6 is 0 Å². The second-order valence-corrected chi connectivity index (χ2v) is 13.7. The number of hydrogen-bond donors (Lipinski definition) is 4. The van der Waals surface area contributed by atoms with Crippen LogP contribution in [0.25, 0.3) is 11.1 Å². The van der Waals surface area contributed by atoms with Gasteiger partial charge in [-0.25, -0.2) is 0 Å². The lowest BCUT2D eigenvalue weighted by Gasteiger charge is -2.39. The fourth-order valence-corrected chi connectivity index (χ4v) is 7.06. The summed E-state index contributed by atoms with van der Waals surface area (Å²) >= 11 is 0. The monoisotopic (exact) mass is 706 g/mol. The lowest BCUT2D eigenvalue weighted by atomic mass is 9.98. The highest BCUT2D eigenvalue weighted by molar-refractivity contribution is 5.94. The predicted octanol–water partition coefficient (Wildman–Crippen LogP) is 6.51. The number of nitrogens with zero attached hydrogens (tertiary/aromatic N) is 1. The van der Waals surface area contributed by atoms with Gasteiger partial charge in [-0.15, -0.1) is 0 Å². The van der Waals surface area contributed by atoms with Crippen molar-refractivity contribution in [1.29, 1.82) is 0 Å². The third-order valence-corrected chi connectivity index (χ3v) is 9.86. The van der Waals surface area contributed by atoms with Crippen LogP contribution in [0, 0.1) is 0 Å². The molecule has 10 heteroatoms. The van der Waals surface area contributed by atoms with Crippen LogP contribution in [-0.4, -0.2) is 60.8 Å². The summed E-state index contributed by atoms with van der Waals surface area (Å²) in [5.41, 5.74) is 12.9. The van der Waals surface area contributed by atoms with Crippen molar-refractivity contribution in [2.75, 3.05) is 37.9 Å². The number of para-hydroxylation sites is 2. The smallest absolute Gasteiger partial charge is 0.224 e. The van der Waals surface area contributed by atoms with Crippen LogP contribution in [0.3, 0.4) is 0 Å². The molecule has 0 aromatic heterocycles. The number of hydrogen-bond acceptors (Lipinski definition) is 8. The third-order valence-electron chi connectivity index (χ3n) is 9.86. The Kier molecular flexibility index (Phi) is 13.1. The summed E-state index contributed by atoms with van der Waals surface area (Å²) in [7, 11) is 1.76. The van der Waals surface area contributed by atoms with E-state index in [4.69, 9.17) is 19.9 Å². The van der Waals surface area contributed by atoms with Crippen molar-refractivity contribution in [3.05, 3.63) is 119 Å². The van der Waals surface area contributed by atoms with Gasteiger partial charge in [0.2, 0.25) is 11.8 Å². The number of amides is 2. The van der Waals surface area contributed by atoms with Gasteiger partial charge in [0.15, 0.2) is 6.29 Å². The number of carbonyl (C=O) groups excluding carboxylic acids is 2. The van der Waals surface area contributed by atoms with E-state index in [1.54, 1.807) is 19.2 Å². The molecule has 2 heterocycles. The lowest BCUT2D eigenvalue weighted by molar-refractivity contribution is -0.253. The summed E-state index contributed by atoms with van der Waals surface area (Å²) < 4.78 is 18.9. The van der Waals surface area contributed by atoms with Crippen molar-refractivity contribution in [2.45, 2.75) is 76.2 Å². The van der Waals surface area contributed by atoms with Gasteiger partial charge in [0, 0.05) is 51.1 Å². The molecular weight excluding hydrogens is 656 g/mol. The molecule has 52 heavy (non-hydrogen) atoms. The van der Waals surface area contributed by atoms with E-state index in [0.29, 0.717) is 37.0 Å². The first kappa shape index (κ1) is 37.2. The Hall–Kier alpha value is -4.58. The van der Waals surface area contributed by atoms with Gasteiger partial charge < -0.3 is 35.7 Å². The van der Waals surface area contributed by atoms with E-state index < -0.39 is 6.29 Å². The predicted molar refractivity (Wildman–Crippen MR) is 202 cm³/mol. The number of benzene rings is 4. The number of anilines is 2. The number of nitrogens with two attached hydrogens (primary N) is 1. The van der Waals surface area contributed by atoms with Crippen LogP contribution in [0.15, 0.2) is 97.1 Å². The Morgan fingerprint density at radius 3 is 2.44 bits per heavy atom. The minimum atomic E-state index is -0.556. The van der Waals surface area contributed by atoms with Gasteiger partial charge in [-0.05, 0) is 77.9 Å². The molecule has 4 aromatic rings. The number of ether oxygens (including phenoxy) is 3. The first-order valence-electron chi connectivity index (χ1n) is 18.2. The van der Waals surface area contributed by atoms with E-state index in [2.05, 4.69) is 39.8 Å². The molecule has 0 saturated carbocycles. The topological polar surface area (TPSA) is 135 Å². The van der Waals surface area contributed by atoms with Gasteiger partial charge in [-0.3, -0.25) is 14.5 Å². The molecule has 274 valence electrons. The molecule has 5 N–H and O–H groups in total. The number of nitrogens with one attached hydrogen (secondary N) is 2. The van der Waals surface area contributed by atoms with Crippen molar-refractivity contribution in [3.8, 4) is 11.1 Å². The first-order chi connectivity index (χ1) is 25.4. The van der Waals surface area contributed by atoms with Gasteiger partial charge in [-0.2, -0.15) is 0 Å². The number of aliphatic hydroxyl groups is 1. The quantitative estimate of drug-likeness (QED) is 0.103. The lowest BCUT2D eigenvalue weighted by Crippen LogP contribution is -2.42. The first-order valence-corrected chi connectivity index (χ1v) is 18.2. The SMILES string of the molecule is COCC1CCCN1CC1CC(c2ccc(CO)cc2)OC(c2cccc(-c3cccc(CNC(=O)CCCC(=O)Nc4ccccc4N)c3)c2)O1. The molecule has 4 aromatic carbocycles. The van der Waals surface area contributed by atoms with E-state index in [9.17, 15) is 14.7 Å². The van der Waals surface area contributed by atoms with Crippen LogP contribution in [0.1, 0.15) is 73.2 Å². The average Bonchev–Trinajstić information content (AvgIpc) is 3.61. The minimum Gasteiger partial charge on any atom is -0.397 e. The highest BCUT2D eigenvalue weighted by Crippen LogP contribution is 2.39. The summed E-state index contributed by atoms with van der Waals surface area (Å²) in [6.45, 7) is 2.94. The number of likely N-dealkylation sites (tertiary alicyclic amines) is 1. The summed E-state index contributed by atoms with van der Waals surface area (Å²) in [5.74, 6) is -0.279. The van der Waals surface area contributed by atoms with Gasteiger partial charge in [0.1, 0.15) is 0 Å². The number of rotatable bonds is 15. The Labute approximate surface area is 306 Å². The van der Waals surface area contributed by atoms with Crippen LogP contribution in [0.2, 0.25) is 0 Å². The maximum atomic E-state index is 12.6. The fourth-order valence-electron chi connectivity index (χ4n) is 7.06. The molecule has 4 atom stereocenters. The van der Waals surface area contributed by atoms with Crippen molar-refractivity contribution in [1.82, 2.24) is 10.2 Å². The normalized spacial score (nSPS) is 20.4. The summed E-state index contributed by atoms with van der Waals surface area (Å²) in [6, 6.07) is 31.9. The molecule has 0 radical (unpaired) electrons. The van der Waals surface area contributed by atoms with Gasteiger partial charge in [-0.1, -0.05) is 72.8 Å². The summed E-state index contributed by atoms with van der Waals surface area (Å²) in [5, 5.41) is 15.4. The van der Waals surface area contributed by atoms with Gasteiger partial charge >= 0.3 is 0 Å². The average molecular weight is 707 g/mol. The Balaban J connectivity index is 1.08. The molecule has 4 unspecified atom stereocenters. The van der Waals surface area contributed by atoms with Crippen LogP contribution in [0.4, 0.5) is 11.4 Å². The van der Waals surface area contributed by atoms with Crippen molar-refractivity contribution in [2.24, 2.45) is 0 Å². The van der Waals surface area contributed by atoms with Crippen LogP contribution in [0.5, 0.6) is 0 Å². The molecule has 6 rings (SSSR count). The highest BCUT2D eigenvalue weighted by atomic mass is 16.7. The Bertz CT molecular complexity index is 1780. The zero-order chi connectivity index (χ0) is 36.3. The van der Waals surface area contributed by atoms with Crippen molar-refractivity contribution in [3.63, 3.8) is 0 Å². The standard InChI is InChI=1S/C42H50N4O6/c1-50-28-35-12-7-21-46(35)26-36-24-39(31-19-17-29(27-47)18-20-31)52-42(51-36)34-11-5-10-33(23-34)32-9-4-8-30(22-32)25-44-40(48)15-6-16-41(49)45-38-14-3-2-13-37(38)43/h2-5,8-11,13-14,17-20,22-23,35-36,39,42,47H,6-7,12,15-16,21,24-28,43H2,1H3,(H,44,48)(H,45,49). The molecule has 10 nitrogen and oxygen atoms in total. The molecule has 2 fully saturated rings. The zero-order valence-corrected chi connectivity index (χ0v) is 29.8. The molecule has 0 spiro atoms. The van der Waals surface area contributed by atoms with E-state index in [0.717, 1.165) is 65.7 Å². The summed E-state index contributed by atoms with van der Waals surface area (Å²) in [4.78, 5) is 27.4. The van der Waals surface area contributed by atoms with Crippen molar-refractivity contribution < 1.29 is 28.9 Å². The Morgan fingerprint density at radius 1 is 0.885 bits per heavy atom. The zero-order valence-electron chi connectivity index (χ0n) is 29.8. The Morgan fingerprint density at radius 2 is 1.65 bits per heavy atom. The third kappa shape index (κ3) is 10.1. The number of aliphatic hydroxyl groups excluding tert-OH is 1. The minimum absolute atomic E-state index is 0.00256.